The van der Waals surface area contributed by atoms with Crippen molar-refractivity contribution in [1.82, 2.24) is 15.5 Å². The van der Waals surface area contributed by atoms with E-state index in [-0.39, 0.29) is 11.3 Å². The van der Waals surface area contributed by atoms with E-state index < -0.39 is 0 Å². The summed E-state index contributed by atoms with van der Waals surface area (Å²) in [5.41, 5.74) is 1.49. The van der Waals surface area contributed by atoms with E-state index in [1.54, 1.807) is 12.1 Å². The number of hydrogen-bond donors (Lipinski definition) is 2. The van der Waals surface area contributed by atoms with Gasteiger partial charge in [0.15, 0.2) is 0 Å². The summed E-state index contributed by atoms with van der Waals surface area (Å²) in [5.74, 6) is 1.19. The molecular weight excluding hydrogens is 242 g/mol. The Hall–Kier alpha value is -1.88. The first kappa shape index (κ1) is 13.5. The van der Waals surface area contributed by atoms with E-state index in [4.69, 9.17) is 4.42 Å². The zero-order chi connectivity index (χ0) is 14.0. The molecule has 5 nitrogen and oxygen atoms in total. The number of hydrogen-bond acceptors (Lipinski definition) is 5. The molecule has 19 heavy (non-hydrogen) atoms. The van der Waals surface area contributed by atoms with E-state index in [9.17, 15) is 5.11 Å². The molecule has 0 amide bonds. The molecule has 0 fully saturated rings. The fourth-order valence-electron chi connectivity index (χ4n) is 1.63. The van der Waals surface area contributed by atoms with Gasteiger partial charge in [-0.3, -0.25) is 0 Å². The first-order valence-electron chi connectivity index (χ1n) is 6.23. The van der Waals surface area contributed by atoms with Crippen molar-refractivity contribution in [2.24, 2.45) is 0 Å². The van der Waals surface area contributed by atoms with Crippen LogP contribution in [0.25, 0.3) is 11.5 Å². The first-order chi connectivity index (χ1) is 8.87. The van der Waals surface area contributed by atoms with Crippen LogP contribution in [-0.4, -0.2) is 20.8 Å². The van der Waals surface area contributed by atoms with Gasteiger partial charge in [0.25, 0.3) is 0 Å². The predicted molar refractivity (Wildman–Crippen MR) is 72.7 cm³/mol. The van der Waals surface area contributed by atoms with Gasteiger partial charge in [-0.2, -0.15) is 0 Å². The van der Waals surface area contributed by atoms with Crippen LogP contribution in [0.5, 0.6) is 5.75 Å². The second-order valence-electron chi connectivity index (χ2n) is 5.55. The average Bonchev–Trinajstić information content (AvgIpc) is 2.78. The Morgan fingerprint density at radius 1 is 1.26 bits per heavy atom. The highest BCUT2D eigenvalue weighted by atomic mass is 16.4. The number of aromatic nitrogens is 2. The smallest absolute Gasteiger partial charge is 0.248 e. The van der Waals surface area contributed by atoms with Gasteiger partial charge >= 0.3 is 0 Å². The molecule has 1 aromatic heterocycles. The molecule has 0 radical (unpaired) electrons. The molecular formula is C14H19N3O2. The number of nitrogens with one attached hydrogen (secondary N) is 1. The van der Waals surface area contributed by atoms with E-state index in [1.165, 1.54) is 0 Å². The summed E-state index contributed by atoms with van der Waals surface area (Å²) in [4.78, 5) is 0. The SMILES string of the molecule is Cc1c(O)cccc1-c1nnc(CNC(C)(C)C)o1. The van der Waals surface area contributed by atoms with E-state index in [0.29, 0.717) is 18.3 Å². The Morgan fingerprint density at radius 2 is 2.00 bits per heavy atom. The van der Waals surface area contributed by atoms with E-state index in [2.05, 4.69) is 36.3 Å². The third kappa shape index (κ3) is 3.32. The lowest BCUT2D eigenvalue weighted by molar-refractivity contribution is 0.383. The third-order valence-electron chi connectivity index (χ3n) is 2.77. The number of rotatable bonds is 3. The highest BCUT2D eigenvalue weighted by molar-refractivity contribution is 5.61. The minimum absolute atomic E-state index is 0.00440. The van der Waals surface area contributed by atoms with Crippen LogP contribution in [0.3, 0.4) is 0 Å². The Kier molecular flexibility index (Phi) is 3.57. The Labute approximate surface area is 112 Å². The highest BCUT2D eigenvalue weighted by Crippen LogP contribution is 2.28. The maximum atomic E-state index is 9.68. The van der Waals surface area contributed by atoms with E-state index in [0.717, 1.165) is 11.1 Å². The molecule has 1 heterocycles. The molecule has 0 aliphatic rings. The van der Waals surface area contributed by atoms with Crippen LogP contribution in [-0.2, 0) is 6.54 Å². The lowest BCUT2D eigenvalue weighted by Crippen LogP contribution is -2.35. The van der Waals surface area contributed by atoms with Crippen LogP contribution in [0.1, 0.15) is 32.2 Å². The van der Waals surface area contributed by atoms with Gasteiger partial charge < -0.3 is 14.8 Å². The minimum atomic E-state index is -0.00440. The van der Waals surface area contributed by atoms with Crippen molar-refractivity contribution < 1.29 is 9.52 Å². The molecule has 0 unspecified atom stereocenters. The average molecular weight is 261 g/mol. The Bertz CT molecular complexity index is 570. The summed E-state index contributed by atoms with van der Waals surface area (Å²) in [6.45, 7) is 8.56. The first-order valence-corrected chi connectivity index (χ1v) is 6.23. The molecule has 2 aromatic rings. The monoisotopic (exact) mass is 261 g/mol. The largest absolute Gasteiger partial charge is 0.508 e. The van der Waals surface area contributed by atoms with Gasteiger partial charge in [0.1, 0.15) is 5.75 Å². The molecule has 0 atom stereocenters. The summed E-state index contributed by atoms with van der Waals surface area (Å²) >= 11 is 0. The molecule has 0 spiro atoms. The van der Waals surface area contributed by atoms with Gasteiger partial charge in [0.05, 0.1) is 6.54 Å². The van der Waals surface area contributed by atoms with Crippen molar-refractivity contribution in [3.63, 3.8) is 0 Å². The molecule has 0 bridgehead atoms. The molecule has 0 aliphatic heterocycles. The van der Waals surface area contributed by atoms with Crippen LogP contribution in [0, 0.1) is 6.92 Å². The van der Waals surface area contributed by atoms with Gasteiger partial charge in [-0.1, -0.05) is 6.07 Å². The predicted octanol–water partition coefficient (Wildman–Crippen LogP) is 2.64. The number of nitrogens with zero attached hydrogens (tertiary/aromatic N) is 2. The molecule has 1 aromatic carbocycles. The maximum absolute atomic E-state index is 9.68. The van der Waals surface area contributed by atoms with Crippen LogP contribution >= 0.6 is 0 Å². The highest BCUT2D eigenvalue weighted by Gasteiger charge is 2.15. The number of phenols is 1. The van der Waals surface area contributed by atoms with Crippen molar-refractivity contribution >= 4 is 0 Å². The zero-order valence-corrected chi connectivity index (χ0v) is 11.7. The molecule has 102 valence electrons. The van der Waals surface area contributed by atoms with Crippen molar-refractivity contribution in [2.75, 3.05) is 0 Å². The standard InChI is InChI=1S/C14H19N3O2/c1-9-10(6-5-7-11(9)18)13-17-16-12(19-13)8-15-14(2,3)4/h5-7,15,18H,8H2,1-4H3. The molecule has 0 saturated carbocycles. The number of benzene rings is 1. The maximum Gasteiger partial charge on any atom is 0.248 e. The third-order valence-corrected chi connectivity index (χ3v) is 2.77. The van der Waals surface area contributed by atoms with Crippen LogP contribution in [0.2, 0.25) is 0 Å². The zero-order valence-electron chi connectivity index (χ0n) is 11.7. The molecule has 0 saturated heterocycles. The molecule has 0 aliphatic carbocycles. The fourth-order valence-corrected chi connectivity index (χ4v) is 1.63. The molecule has 5 heteroatoms. The number of aromatic hydroxyl groups is 1. The van der Waals surface area contributed by atoms with Crippen molar-refractivity contribution in [1.29, 1.82) is 0 Å². The van der Waals surface area contributed by atoms with Gasteiger partial charge in [-0.25, -0.2) is 0 Å². The summed E-state index contributed by atoms with van der Waals surface area (Å²) in [6.07, 6.45) is 0. The summed E-state index contributed by atoms with van der Waals surface area (Å²) in [6, 6.07) is 5.25. The van der Waals surface area contributed by atoms with Crippen LogP contribution in [0.15, 0.2) is 22.6 Å². The van der Waals surface area contributed by atoms with Crippen LogP contribution < -0.4 is 5.32 Å². The molecule has 2 rings (SSSR count). The lowest BCUT2D eigenvalue weighted by atomic mass is 10.1. The van der Waals surface area contributed by atoms with Gasteiger partial charge in [-0.05, 0) is 39.8 Å². The topological polar surface area (TPSA) is 71.2 Å². The summed E-state index contributed by atoms with van der Waals surface area (Å²) in [5, 5.41) is 21.0. The molecule has 2 N–H and O–H groups in total. The van der Waals surface area contributed by atoms with E-state index >= 15 is 0 Å². The van der Waals surface area contributed by atoms with Crippen molar-refractivity contribution in [2.45, 2.75) is 39.8 Å². The van der Waals surface area contributed by atoms with Crippen molar-refractivity contribution in [3.8, 4) is 17.2 Å². The van der Waals surface area contributed by atoms with Gasteiger partial charge in [-0.15, -0.1) is 10.2 Å². The lowest BCUT2D eigenvalue weighted by Gasteiger charge is -2.18. The summed E-state index contributed by atoms with van der Waals surface area (Å²) < 4.78 is 5.61. The van der Waals surface area contributed by atoms with Gasteiger partial charge in [0.2, 0.25) is 11.8 Å². The quantitative estimate of drug-likeness (QED) is 0.888. The Balaban J connectivity index is 2.19. The fraction of sp³-hybridized carbons (Fsp3) is 0.429. The number of phenolic OH excluding ortho intramolecular Hbond substituents is 1. The van der Waals surface area contributed by atoms with Crippen LogP contribution in [0.4, 0.5) is 0 Å². The second kappa shape index (κ2) is 5.01. The second-order valence-corrected chi connectivity index (χ2v) is 5.55. The normalized spacial score (nSPS) is 11.8. The van der Waals surface area contributed by atoms with E-state index in [1.807, 2.05) is 13.0 Å². The van der Waals surface area contributed by atoms with Gasteiger partial charge in [0, 0.05) is 16.7 Å². The minimum Gasteiger partial charge on any atom is -0.508 e. The van der Waals surface area contributed by atoms with Crippen molar-refractivity contribution in [3.05, 3.63) is 29.7 Å². The Morgan fingerprint density at radius 3 is 2.68 bits per heavy atom. The summed E-state index contributed by atoms with van der Waals surface area (Å²) in [7, 11) is 0.